The Bertz CT molecular complexity index is 474. The van der Waals surface area contributed by atoms with Gasteiger partial charge in [-0.15, -0.1) is 0 Å². The second kappa shape index (κ2) is 4.43. The molecule has 0 unspecified atom stereocenters. The molecule has 2 rings (SSSR count). The molecule has 0 atom stereocenters. The smallest absolute Gasteiger partial charge is 0.258 e. The second-order valence-electron chi connectivity index (χ2n) is 5.66. The number of carbonyl (C=O) groups is 1. The van der Waals surface area contributed by atoms with E-state index in [1.807, 2.05) is 25.7 Å². The predicted octanol–water partition coefficient (Wildman–Crippen LogP) is 2.03. The van der Waals surface area contributed by atoms with E-state index < -0.39 is 0 Å². The van der Waals surface area contributed by atoms with Crippen LogP contribution in [0.1, 0.15) is 41.3 Å². The highest BCUT2D eigenvalue weighted by atomic mass is 16.3. The fraction of sp³-hybridized carbons (Fsp3) is 0.643. The number of piperazine rings is 1. The lowest BCUT2D eigenvalue weighted by molar-refractivity contribution is 0.0475. The number of amides is 1. The normalized spacial score (nSPS) is 19.1. The Balaban J connectivity index is 2.36. The van der Waals surface area contributed by atoms with Crippen LogP contribution in [-0.4, -0.2) is 36.0 Å². The highest BCUT2D eigenvalue weighted by molar-refractivity contribution is 5.97. The van der Waals surface area contributed by atoms with Gasteiger partial charge in [0, 0.05) is 25.2 Å². The number of nitrogens with zero attached hydrogens (tertiary/aromatic N) is 1. The molecule has 0 bridgehead atoms. The fourth-order valence-electron chi connectivity index (χ4n) is 2.60. The van der Waals surface area contributed by atoms with E-state index >= 15 is 0 Å². The summed E-state index contributed by atoms with van der Waals surface area (Å²) >= 11 is 0. The summed E-state index contributed by atoms with van der Waals surface area (Å²) < 4.78 is 5.56. The molecule has 2 heterocycles. The average Bonchev–Trinajstić information content (AvgIpc) is 2.52. The van der Waals surface area contributed by atoms with E-state index in [9.17, 15) is 4.79 Å². The molecule has 18 heavy (non-hydrogen) atoms. The van der Waals surface area contributed by atoms with Gasteiger partial charge in [0.1, 0.15) is 11.5 Å². The first kappa shape index (κ1) is 13.1. The molecule has 4 nitrogen and oxygen atoms in total. The molecule has 0 saturated carbocycles. The van der Waals surface area contributed by atoms with E-state index in [4.69, 9.17) is 4.42 Å². The van der Waals surface area contributed by atoms with Gasteiger partial charge in [0.05, 0.1) is 11.1 Å². The van der Waals surface area contributed by atoms with Crippen molar-refractivity contribution >= 4 is 5.91 Å². The standard InChI is InChI=1S/C14H22N2O2/c1-9-10(2)18-11(3)12(9)13(17)16-7-6-15-8-14(16,4)5/h15H,6-8H2,1-5H3. The lowest BCUT2D eigenvalue weighted by atomic mass is 9.98. The van der Waals surface area contributed by atoms with E-state index in [1.54, 1.807) is 0 Å². The molecule has 1 aliphatic rings. The first-order chi connectivity index (χ1) is 8.34. The van der Waals surface area contributed by atoms with Crippen LogP contribution in [0, 0.1) is 20.8 Å². The first-order valence-corrected chi connectivity index (χ1v) is 6.44. The number of rotatable bonds is 1. The van der Waals surface area contributed by atoms with Crippen molar-refractivity contribution in [3.63, 3.8) is 0 Å². The number of aryl methyl sites for hydroxylation is 2. The predicted molar refractivity (Wildman–Crippen MR) is 70.9 cm³/mol. The van der Waals surface area contributed by atoms with Crippen molar-refractivity contribution in [2.45, 2.75) is 40.2 Å². The van der Waals surface area contributed by atoms with E-state index in [2.05, 4.69) is 19.2 Å². The highest BCUT2D eigenvalue weighted by Crippen LogP contribution is 2.26. The van der Waals surface area contributed by atoms with Crippen molar-refractivity contribution in [1.82, 2.24) is 10.2 Å². The van der Waals surface area contributed by atoms with Gasteiger partial charge < -0.3 is 14.6 Å². The molecule has 0 radical (unpaired) electrons. The van der Waals surface area contributed by atoms with Crippen LogP contribution < -0.4 is 5.32 Å². The van der Waals surface area contributed by atoms with Crippen LogP contribution in [0.2, 0.25) is 0 Å². The zero-order chi connectivity index (χ0) is 13.5. The van der Waals surface area contributed by atoms with Gasteiger partial charge >= 0.3 is 0 Å². The topological polar surface area (TPSA) is 45.5 Å². The minimum atomic E-state index is -0.153. The Hall–Kier alpha value is -1.29. The van der Waals surface area contributed by atoms with Crippen molar-refractivity contribution in [2.24, 2.45) is 0 Å². The van der Waals surface area contributed by atoms with E-state index in [-0.39, 0.29) is 11.4 Å². The summed E-state index contributed by atoms with van der Waals surface area (Å²) in [6.45, 7) is 12.3. The summed E-state index contributed by atoms with van der Waals surface area (Å²) in [5, 5.41) is 3.33. The third kappa shape index (κ3) is 2.05. The Labute approximate surface area is 108 Å². The Morgan fingerprint density at radius 1 is 1.28 bits per heavy atom. The largest absolute Gasteiger partial charge is 0.466 e. The summed E-state index contributed by atoms with van der Waals surface area (Å²) in [6, 6.07) is 0. The van der Waals surface area contributed by atoms with Crippen LogP contribution >= 0.6 is 0 Å². The minimum absolute atomic E-state index is 0.0911. The molecular formula is C14H22N2O2. The van der Waals surface area contributed by atoms with E-state index in [0.29, 0.717) is 0 Å². The number of nitrogens with one attached hydrogen (secondary N) is 1. The number of furan rings is 1. The maximum atomic E-state index is 12.7. The number of hydrogen-bond acceptors (Lipinski definition) is 3. The van der Waals surface area contributed by atoms with Gasteiger partial charge in [-0.25, -0.2) is 0 Å². The number of hydrogen-bond donors (Lipinski definition) is 1. The lowest BCUT2D eigenvalue weighted by Gasteiger charge is -2.42. The van der Waals surface area contributed by atoms with Crippen LogP contribution in [0.25, 0.3) is 0 Å². The SMILES string of the molecule is Cc1oc(C)c(C(=O)N2CCNCC2(C)C)c1C. The molecular weight excluding hydrogens is 228 g/mol. The monoisotopic (exact) mass is 250 g/mol. The maximum Gasteiger partial charge on any atom is 0.258 e. The molecule has 100 valence electrons. The summed E-state index contributed by atoms with van der Waals surface area (Å²) in [6.07, 6.45) is 0. The van der Waals surface area contributed by atoms with Gasteiger partial charge in [-0.1, -0.05) is 0 Å². The molecule has 1 amide bonds. The van der Waals surface area contributed by atoms with Gasteiger partial charge in [0.25, 0.3) is 5.91 Å². The van der Waals surface area contributed by atoms with Gasteiger partial charge in [-0.2, -0.15) is 0 Å². The zero-order valence-corrected chi connectivity index (χ0v) is 11.9. The zero-order valence-electron chi connectivity index (χ0n) is 11.9. The Morgan fingerprint density at radius 3 is 2.44 bits per heavy atom. The van der Waals surface area contributed by atoms with E-state index in [0.717, 1.165) is 42.3 Å². The van der Waals surface area contributed by atoms with Gasteiger partial charge in [0.15, 0.2) is 0 Å². The molecule has 1 fully saturated rings. The third-order valence-corrected chi connectivity index (χ3v) is 3.82. The highest BCUT2D eigenvalue weighted by Gasteiger charge is 2.35. The first-order valence-electron chi connectivity index (χ1n) is 6.44. The van der Waals surface area contributed by atoms with Gasteiger partial charge in [0.2, 0.25) is 0 Å². The van der Waals surface area contributed by atoms with Crippen LogP contribution in [0.4, 0.5) is 0 Å². The van der Waals surface area contributed by atoms with Crippen molar-refractivity contribution in [3.8, 4) is 0 Å². The molecule has 0 aliphatic carbocycles. The quantitative estimate of drug-likeness (QED) is 0.829. The van der Waals surface area contributed by atoms with E-state index in [1.165, 1.54) is 0 Å². The summed E-state index contributed by atoms with van der Waals surface area (Å²) in [5.74, 6) is 1.65. The van der Waals surface area contributed by atoms with Crippen molar-refractivity contribution in [1.29, 1.82) is 0 Å². The second-order valence-corrected chi connectivity index (χ2v) is 5.66. The maximum absolute atomic E-state index is 12.7. The van der Waals surface area contributed by atoms with Crippen LogP contribution in [0.3, 0.4) is 0 Å². The molecule has 1 aromatic rings. The fourth-order valence-corrected chi connectivity index (χ4v) is 2.60. The van der Waals surface area contributed by atoms with Crippen LogP contribution in [-0.2, 0) is 0 Å². The lowest BCUT2D eigenvalue weighted by Crippen LogP contribution is -2.59. The molecule has 1 aromatic heterocycles. The molecule has 1 N–H and O–H groups in total. The minimum Gasteiger partial charge on any atom is -0.466 e. The molecule has 0 aromatic carbocycles. The summed E-state index contributed by atoms with van der Waals surface area (Å²) in [4.78, 5) is 14.7. The summed E-state index contributed by atoms with van der Waals surface area (Å²) in [7, 11) is 0. The average molecular weight is 250 g/mol. The molecule has 0 spiro atoms. The van der Waals surface area contributed by atoms with Gasteiger partial charge in [-0.3, -0.25) is 4.79 Å². The van der Waals surface area contributed by atoms with Crippen LogP contribution in [0.5, 0.6) is 0 Å². The molecule has 1 aliphatic heterocycles. The molecule has 4 heteroatoms. The van der Waals surface area contributed by atoms with Crippen molar-refractivity contribution in [2.75, 3.05) is 19.6 Å². The third-order valence-electron chi connectivity index (χ3n) is 3.82. The number of carbonyl (C=O) groups excluding carboxylic acids is 1. The van der Waals surface area contributed by atoms with Crippen molar-refractivity contribution in [3.05, 3.63) is 22.6 Å². The van der Waals surface area contributed by atoms with Gasteiger partial charge in [-0.05, 0) is 34.6 Å². The Kier molecular flexibility index (Phi) is 3.23. The van der Waals surface area contributed by atoms with Crippen molar-refractivity contribution < 1.29 is 9.21 Å². The van der Waals surface area contributed by atoms with Crippen LogP contribution in [0.15, 0.2) is 4.42 Å². The summed E-state index contributed by atoms with van der Waals surface area (Å²) in [5.41, 5.74) is 1.55. The molecule has 1 saturated heterocycles. The Morgan fingerprint density at radius 2 is 1.94 bits per heavy atom.